The molecule has 0 radical (unpaired) electrons. The first-order valence-corrected chi connectivity index (χ1v) is 7.64. The normalized spacial score (nSPS) is 10.8. The van der Waals surface area contributed by atoms with Crippen molar-refractivity contribution in [1.29, 1.82) is 0 Å². The van der Waals surface area contributed by atoms with Crippen LogP contribution in [0.4, 0.5) is 5.69 Å². The first kappa shape index (κ1) is 15.7. The van der Waals surface area contributed by atoms with Gasteiger partial charge in [0.2, 0.25) is 3.42 Å². The van der Waals surface area contributed by atoms with E-state index in [9.17, 15) is 9.59 Å². The molecule has 7 heteroatoms. The highest BCUT2D eigenvalue weighted by atomic mass is 79.9. The number of alkyl halides is 3. The van der Waals surface area contributed by atoms with Crippen LogP contribution in [-0.4, -0.2) is 27.5 Å². The quantitative estimate of drug-likeness (QED) is 0.416. The number of hydrogen-bond acceptors (Lipinski definition) is 4. The fourth-order valence-electron chi connectivity index (χ4n) is 1.18. The molecule has 1 aromatic rings. The molecule has 0 atom stereocenters. The van der Waals surface area contributed by atoms with Crippen molar-refractivity contribution < 1.29 is 14.3 Å². The summed E-state index contributed by atoms with van der Waals surface area (Å²) in [6, 6.07) is 6.82. The number of hydrogen-bond donors (Lipinski definition) is 1. The Bertz CT molecular complexity index is 437. The molecule has 1 N–H and O–H groups in total. The van der Waals surface area contributed by atoms with Gasteiger partial charge in [-0.05, 0) is 44.0 Å². The minimum atomic E-state index is -0.950. The highest BCUT2D eigenvalue weighted by Crippen LogP contribution is 2.31. The molecule has 0 unspecified atom stereocenters. The first-order valence-electron chi connectivity index (χ1n) is 4.94. The average Bonchev–Trinajstić information content (AvgIpc) is 2.36. The number of nitrogens with one attached hydrogen (secondary N) is 1. The number of para-hydroxylation sites is 1. The molecule has 0 aliphatic carbocycles. The van der Waals surface area contributed by atoms with Crippen LogP contribution < -0.4 is 5.32 Å². The number of anilines is 1. The molecule has 0 saturated heterocycles. The summed E-state index contributed by atoms with van der Waals surface area (Å²) in [5, 5.41) is 3.22. The van der Waals surface area contributed by atoms with Crippen molar-refractivity contribution in [2.24, 2.45) is 0 Å². The number of carbonyl (C=O) groups is 2. The lowest BCUT2D eigenvalue weighted by Gasteiger charge is -2.19. The molecule has 0 aromatic heterocycles. The lowest BCUT2D eigenvalue weighted by Crippen LogP contribution is -2.23. The predicted molar refractivity (Wildman–Crippen MR) is 80.8 cm³/mol. The van der Waals surface area contributed by atoms with E-state index in [1.54, 1.807) is 24.3 Å². The standard InChI is InChI=1S/C11H10Br3NO3/c12-7-11(13,14)18-10(17)8-3-1-2-4-9(8)15-5-6-16/h1-4,6,15H,5,7H2. The molecular formula is C11H10Br3NO3. The van der Waals surface area contributed by atoms with Gasteiger partial charge in [0.1, 0.15) is 6.29 Å². The fraction of sp³-hybridized carbons (Fsp3) is 0.273. The third kappa shape index (κ3) is 4.70. The molecule has 1 aromatic carbocycles. The van der Waals surface area contributed by atoms with Crippen molar-refractivity contribution >= 4 is 65.7 Å². The summed E-state index contributed by atoms with van der Waals surface area (Å²) >= 11 is 9.61. The number of carbonyl (C=O) groups excluding carboxylic acids is 2. The number of ether oxygens (including phenoxy) is 1. The second kappa shape index (κ2) is 7.25. The SMILES string of the molecule is O=CCNc1ccccc1C(=O)OC(Br)(Br)CBr. The predicted octanol–water partition coefficient (Wildman–Crippen LogP) is 3.29. The van der Waals surface area contributed by atoms with Crippen molar-refractivity contribution in [3.05, 3.63) is 29.8 Å². The van der Waals surface area contributed by atoms with Gasteiger partial charge in [0, 0.05) is 5.69 Å². The zero-order valence-corrected chi connectivity index (χ0v) is 13.9. The fourth-order valence-corrected chi connectivity index (χ4v) is 1.59. The Balaban J connectivity index is 2.88. The Morgan fingerprint density at radius 3 is 2.67 bits per heavy atom. The van der Waals surface area contributed by atoms with Crippen LogP contribution in [0.3, 0.4) is 0 Å². The molecule has 98 valence electrons. The van der Waals surface area contributed by atoms with Gasteiger partial charge < -0.3 is 14.8 Å². The average molecular weight is 444 g/mol. The molecule has 0 aliphatic heterocycles. The van der Waals surface area contributed by atoms with E-state index in [1.807, 2.05) is 0 Å². The van der Waals surface area contributed by atoms with E-state index >= 15 is 0 Å². The summed E-state index contributed by atoms with van der Waals surface area (Å²) in [4.78, 5) is 22.3. The van der Waals surface area contributed by atoms with Gasteiger partial charge in [0.25, 0.3) is 0 Å². The molecule has 0 heterocycles. The molecule has 0 bridgehead atoms. The largest absolute Gasteiger partial charge is 0.432 e. The smallest absolute Gasteiger partial charge is 0.342 e. The maximum absolute atomic E-state index is 12.0. The van der Waals surface area contributed by atoms with Gasteiger partial charge in [-0.1, -0.05) is 28.1 Å². The lowest BCUT2D eigenvalue weighted by molar-refractivity contribution is -0.106. The van der Waals surface area contributed by atoms with Gasteiger partial charge in [-0.2, -0.15) is 0 Å². The molecule has 0 fully saturated rings. The number of esters is 1. The number of halogens is 3. The lowest BCUT2D eigenvalue weighted by atomic mass is 10.2. The van der Waals surface area contributed by atoms with Crippen molar-refractivity contribution in [3.8, 4) is 0 Å². The number of rotatable bonds is 6. The van der Waals surface area contributed by atoms with Crippen LogP contribution in [0, 0.1) is 0 Å². The molecule has 1 rings (SSSR count). The van der Waals surface area contributed by atoms with Gasteiger partial charge in [-0.15, -0.1) is 0 Å². The number of benzene rings is 1. The van der Waals surface area contributed by atoms with Gasteiger partial charge in [-0.25, -0.2) is 4.79 Å². The number of aldehydes is 1. The van der Waals surface area contributed by atoms with Gasteiger partial charge in [0.15, 0.2) is 0 Å². The molecular weight excluding hydrogens is 434 g/mol. The summed E-state index contributed by atoms with van der Waals surface area (Å²) in [5.74, 6) is -0.503. The van der Waals surface area contributed by atoms with Crippen LogP contribution in [0.15, 0.2) is 24.3 Å². The van der Waals surface area contributed by atoms with E-state index in [-0.39, 0.29) is 6.54 Å². The Morgan fingerprint density at radius 2 is 2.06 bits per heavy atom. The van der Waals surface area contributed by atoms with Crippen LogP contribution in [0.25, 0.3) is 0 Å². The van der Waals surface area contributed by atoms with E-state index < -0.39 is 9.39 Å². The second-order valence-corrected chi connectivity index (χ2v) is 7.44. The van der Waals surface area contributed by atoms with Crippen LogP contribution in [-0.2, 0) is 9.53 Å². The van der Waals surface area contributed by atoms with Crippen LogP contribution in [0.5, 0.6) is 0 Å². The Hall–Kier alpha value is -0.400. The molecule has 0 aliphatic rings. The summed E-state index contributed by atoms with van der Waals surface area (Å²) in [7, 11) is 0. The van der Waals surface area contributed by atoms with Gasteiger partial charge >= 0.3 is 5.97 Å². The molecule has 0 amide bonds. The van der Waals surface area contributed by atoms with E-state index in [0.29, 0.717) is 16.6 Å². The summed E-state index contributed by atoms with van der Waals surface area (Å²) in [6.07, 6.45) is 0.722. The van der Waals surface area contributed by atoms with Crippen molar-refractivity contribution in [2.45, 2.75) is 3.42 Å². The zero-order valence-electron chi connectivity index (χ0n) is 9.16. The zero-order chi connectivity index (χ0) is 13.6. The third-order valence-electron chi connectivity index (χ3n) is 1.92. The minimum Gasteiger partial charge on any atom is -0.432 e. The molecule has 0 saturated carbocycles. The van der Waals surface area contributed by atoms with Crippen molar-refractivity contribution in [2.75, 3.05) is 17.2 Å². The topological polar surface area (TPSA) is 55.4 Å². The molecule has 18 heavy (non-hydrogen) atoms. The first-order chi connectivity index (χ1) is 8.50. The summed E-state index contributed by atoms with van der Waals surface area (Å²) in [6.45, 7) is 0.135. The van der Waals surface area contributed by atoms with Crippen LogP contribution >= 0.6 is 47.8 Å². The van der Waals surface area contributed by atoms with Crippen molar-refractivity contribution in [3.63, 3.8) is 0 Å². The Kier molecular flexibility index (Phi) is 6.31. The van der Waals surface area contributed by atoms with Crippen LogP contribution in [0.2, 0.25) is 0 Å². The maximum atomic E-state index is 12.0. The minimum absolute atomic E-state index is 0.135. The second-order valence-electron chi connectivity index (χ2n) is 3.25. The highest BCUT2D eigenvalue weighted by molar-refractivity contribution is 9.26. The third-order valence-corrected chi connectivity index (χ3v) is 5.10. The van der Waals surface area contributed by atoms with Crippen molar-refractivity contribution in [1.82, 2.24) is 0 Å². The molecule has 0 spiro atoms. The Morgan fingerprint density at radius 1 is 1.39 bits per heavy atom. The van der Waals surface area contributed by atoms with E-state index in [4.69, 9.17) is 4.74 Å². The van der Waals surface area contributed by atoms with E-state index in [2.05, 4.69) is 53.1 Å². The highest BCUT2D eigenvalue weighted by Gasteiger charge is 2.27. The van der Waals surface area contributed by atoms with E-state index in [1.165, 1.54) is 0 Å². The van der Waals surface area contributed by atoms with E-state index in [0.717, 1.165) is 6.29 Å². The van der Waals surface area contributed by atoms with Crippen LogP contribution in [0.1, 0.15) is 10.4 Å². The maximum Gasteiger partial charge on any atom is 0.342 e. The van der Waals surface area contributed by atoms with Gasteiger partial charge in [0.05, 0.1) is 17.4 Å². The summed E-state index contributed by atoms with van der Waals surface area (Å²) in [5.41, 5.74) is 0.920. The Labute approximate surface area is 130 Å². The monoisotopic (exact) mass is 441 g/mol. The molecule has 4 nitrogen and oxygen atoms in total. The summed E-state index contributed by atoms with van der Waals surface area (Å²) < 4.78 is 4.26. The van der Waals surface area contributed by atoms with Gasteiger partial charge in [-0.3, -0.25) is 0 Å².